The van der Waals surface area contributed by atoms with Crippen molar-refractivity contribution in [3.8, 4) is 0 Å². The summed E-state index contributed by atoms with van der Waals surface area (Å²) >= 11 is 0. The first-order valence-electron chi connectivity index (χ1n) is 8.67. The van der Waals surface area contributed by atoms with Crippen molar-refractivity contribution in [1.82, 2.24) is 0 Å². The van der Waals surface area contributed by atoms with E-state index in [4.69, 9.17) is 10.2 Å². The summed E-state index contributed by atoms with van der Waals surface area (Å²) < 4.78 is 0. The van der Waals surface area contributed by atoms with E-state index >= 15 is 0 Å². The molecule has 4 heteroatoms. The molecule has 0 aromatic heterocycles. The standard InChI is InChI=1S/C17H34O4/c18-14-12-10-8-6-4-2-1-3-5-7-9-11-13-16(19)15-17(20)21/h16,18-19H,1-15H2,(H,20,21)/t16-/m1/s1. The maximum Gasteiger partial charge on any atom is 0.305 e. The van der Waals surface area contributed by atoms with Crippen LogP contribution in [-0.2, 0) is 4.79 Å². The molecule has 0 saturated carbocycles. The number of carboxylic acid groups (broad SMARTS) is 1. The predicted molar refractivity (Wildman–Crippen MR) is 85.4 cm³/mol. The number of aliphatic hydroxyl groups is 2. The summed E-state index contributed by atoms with van der Waals surface area (Å²) in [5.74, 6) is -0.918. The van der Waals surface area contributed by atoms with Crippen LogP contribution in [-0.4, -0.2) is 34.0 Å². The van der Waals surface area contributed by atoms with Crippen molar-refractivity contribution in [1.29, 1.82) is 0 Å². The molecule has 0 aliphatic rings. The monoisotopic (exact) mass is 302 g/mol. The molecule has 4 nitrogen and oxygen atoms in total. The summed E-state index contributed by atoms with van der Waals surface area (Å²) in [6.45, 7) is 0.327. The van der Waals surface area contributed by atoms with E-state index in [9.17, 15) is 9.90 Å². The van der Waals surface area contributed by atoms with E-state index in [0.717, 1.165) is 25.7 Å². The molecular weight excluding hydrogens is 268 g/mol. The lowest BCUT2D eigenvalue weighted by molar-refractivity contribution is -0.139. The zero-order valence-corrected chi connectivity index (χ0v) is 13.4. The van der Waals surface area contributed by atoms with Crippen molar-refractivity contribution in [3.05, 3.63) is 0 Å². The van der Waals surface area contributed by atoms with E-state index in [-0.39, 0.29) is 6.42 Å². The van der Waals surface area contributed by atoms with Crippen LogP contribution in [0.5, 0.6) is 0 Å². The highest BCUT2D eigenvalue weighted by atomic mass is 16.4. The molecule has 21 heavy (non-hydrogen) atoms. The minimum atomic E-state index is -0.918. The lowest BCUT2D eigenvalue weighted by Crippen LogP contribution is -2.12. The largest absolute Gasteiger partial charge is 0.481 e. The van der Waals surface area contributed by atoms with E-state index in [1.807, 2.05) is 0 Å². The summed E-state index contributed by atoms with van der Waals surface area (Å²) in [6, 6.07) is 0. The second-order valence-electron chi connectivity index (χ2n) is 6.01. The second kappa shape index (κ2) is 15.8. The van der Waals surface area contributed by atoms with Gasteiger partial charge in [0, 0.05) is 6.61 Å². The number of aliphatic hydroxyl groups excluding tert-OH is 2. The molecule has 0 rings (SSSR count). The molecule has 0 aliphatic carbocycles. The molecule has 0 aromatic carbocycles. The minimum Gasteiger partial charge on any atom is -0.481 e. The van der Waals surface area contributed by atoms with Gasteiger partial charge in [-0.3, -0.25) is 4.79 Å². The van der Waals surface area contributed by atoms with Gasteiger partial charge in [0.1, 0.15) is 0 Å². The molecule has 0 radical (unpaired) electrons. The number of hydrogen-bond acceptors (Lipinski definition) is 3. The Hall–Kier alpha value is -0.610. The van der Waals surface area contributed by atoms with Crippen LogP contribution in [0.25, 0.3) is 0 Å². The number of carbonyl (C=O) groups is 1. The number of carboxylic acids is 1. The first kappa shape index (κ1) is 20.4. The molecule has 126 valence electrons. The number of aliphatic carboxylic acids is 1. The van der Waals surface area contributed by atoms with E-state index in [1.54, 1.807) is 0 Å². The smallest absolute Gasteiger partial charge is 0.305 e. The summed E-state index contributed by atoms with van der Waals surface area (Å²) in [5.41, 5.74) is 0. The van der Waals surface area contributed by atoms with E-state index in [2.05, 4.69) is 0 Å². The summed E-state index contributed by atoms with van der Waals surface area (Å²) in [4.78, 5) is 10.4. The lowest BCUT2D eigenvalue weighted by Gasteiger charge is -2.07. The topological polar surface area (TPSA) is 77.8 Å². The molecule has 0 aliphatic heterocycles. The summed E-state index contributed by atoms with van der Waals surface area (Å²) in [5, 5.41) is 26.6. The molecule has 0 heterocycles. The predicted octanol–water partition coefficient (Wildman–Crippen LogP) is 3.89. The van der Waals surface area contributed by atoms with Gasteiger partial charge in [0.15, 0.2) is 0 Å². The van der Waals surface area contributed by atoms with Gasteiger partial charge in [0.25, 0.3) is 0 Å². The highest BCUT2D eigenvalue weighted by Gasteiger charge is 2.08. The number of unbranched alkanes of at least 4 members (excludes halogenated alkanes) is 11. The molecule has 0 fully saturated rings. The maximum atomic E-state index is 10.4. The number of rotatable bonds is 16. The fourth-order valence-electron chi connectivity index (χ4n) is 2.56. The summed E-state index contributed by atoms with van der Waals surface area (Å²) in [7, 11) is 0. The van der Waals surface area contributed by atoms with E-state index in [0.29, 0.717) is 13.0 Å². The Morgan fingerprint density at radius 3 is 1.48 bits per heavy atom. The van der Waals surface area contributed by atoms with Crippen LogP contribution in [0, 0.1) is 0 Å². The Kier molecular flexibility index (Phi) is 15.3. The van der Waals surface area contributed by atoms with Crippen LogP contribution in [0.15, 0.2) is 0 Å². The third-order valence-corrected chi connectivity index (χ3v) is 3.86. The van der Waals surface area contributed by atoms with Crippen LogP contribution in [0.1, 0.15) is 89.9 Å². The van der Waals surface area contributed by atoms with Crippen LogP contribution in [0.2, 0.25) is 0 Å². The lowest BCUT2D eigenvalue weighted by atomic mass is 10.0. The van der Waals surface area contributed by atoms with Crippen molar-refractivity contribution < 1.29 is 20.1 Å². The molecule has 1 atom stereocenters. The van der Waals surface area contributed by atoms with Gasteiger partial charge in [-0.05, 0) is 12.8 Å². The van der Waals surface area contributed by atoms with Gasteiger partial charge in [-0.2, -0.15) is 0 Å². The third-order valence-electron chi connectivity index (χ3n) is 3.86. The van der Waals surface area contributed by atoms with E-state index < -0.39 is 12.1 Å². The Bertz CT molecular complexity index is 231. The minimum absolute atomic E-state index is 0.127. The zero-order chi connectivity index (χ0) is 15.8. The second-order valence-corrected chi connectivity index (χ2v) is 6.01. The van der Waals surface area contributed by atoms with Gasteiger partial charge in [0.05, 0.1) is 12.5 Å². The van der Waals surface area contributed by atoms with Gasteiger partial charge >= 0.3 is 5.97 Å². The molecule has 3 N–H and O–H groups in total. The van der Waals surface area contributed by atoms with Gasteiger partial charge in [-0.1, -0.05) is 70.6 Å². The van der Waals surface area contributed by atoms with Gasteiger partial charge < -0.3 is 15.3 Å². The van der Waals surface area contributed by atoms with Gasteiger partial charge in [-0.25, -0.2) is 0 Å². The molecule has 0 bridgehead atoms. The average molecular weight is 302 g/mol. The molecular formula is C17H34O4. The highest BCUT2D eigenvalue weighted by molar-refractivity contribution is 5.67. The first-order chi connectivity index (χ1) is 10.2. The van der Waals surface area contributed by atoms with Gasteiger partial charge in [-0.15, -0.1) is 0 Å². The van der Waals surface area contributed by atoms with Crippen LogP contribution in [0.4, 0.5) is 0 Å². The average Bonchev–Trinajstić information content (AvgIpc) is 2.43. The van der Waals surface area contributed by atoms with Gasteiger partial charge in [0.2, 0.25) is 0 Å². The Morgan fingerprint density at radius 2 is 1.10 bits per heavy atom. The highest BCUT2D eigenvalue weighted by Crippen LogP contribution is 2.13. The van der Waals surface area contributed by atoms with Crippen molar-refractivity contribution in [2.24, 2.45) is 0 Å². The van der Waals surface area contributed by atoms with Crippen molar-refractivity contribution in [3.63, 3.8) is 0 Å². The Balaban J connectivity index is 3.07. The molecule has 0 amide bonds. The fraction of sp³-hybridized carbons (Fsp3) is 0.941. The quantitative estimate of drug-likeness (QED) is 0.378. The molecule has 0 saturated heterocycles. The maximum absolute atomic E-state index is 10.4. The van der Waals surface area contributed by atoms with Crippen LogP contribution >= 0.6 is 0 Å². The van der Waals surface area contributed by atoms with Crippen LogP contribution < -0.4 is 0 Å². The van der Waals surface area contributed by atoms with E-state index in [1.165, 1.54) is 51.4 Å². The normalized spacial score (nSPS) is 12.5. The summed E-state index contributed by atoms with van der Waals surface area (Å²) in [6.07, 6.45) is 14.1. The third kappa shape index (κ3) is 17.3. The first-order valence-corrected chi connectivity index (χ1v) is 8.67. The molecule has 0 spiro atoms. The molecule has 0 aromatic rings. The van der Waals surface area contributed by atoms with Crippen molar-refractivity contribution in [2.75, 3.05) is 6.61 Å². The van der Waals surface area contributed by atoms with Crippen LogP contribution in [0.3, 0.4) is 0 Å². The zero-order valence-electron chi connectivity index (χ0n) is 13.4. The van der Waals surface area contributed by atoms with Crippen molar-refractivity contribution >= 4 is 5.97 Å². The number of hydrogen-bond donors (Lipinski definition) is 3. The SMILES string of the molecule is O=C(O)C[C@H](O)CCCCCCCCCCCCCCO. The molecule has 0 unspecified atom stereocenters. The Morgan fingerprint density at radius 1 is 0.714 bits per heavy atom. The van der Waals surface area contributed by atoms with Crippen molar-refractivity contribution in [2.45, 2.75) is 96.0 Å². The Labute approximate surface area is 129 Å². The fourth-order valence-corrected chi connectivity index (χ4v) is 2.56.